The lowest BCUT2D eigenvalue weighted by molar-refractivity contribution is 0.621. The topological polar surface area (TPSA) is 12.9 Å². The van der Waals surface area contributed by atoms with Gasteiger partial charge in [-0.05, 0) is 20.3 Å². The summed E-state index contributed by atoms with van der Waals surface area (Å²) in [5.74, 6) is 2.39. The Morgan fingerprint density at radius 3 is 3.00 bits per heavy atom. The van der Waals surface area contributed by atoms with E-state index in [1.165, 1.54) is 21.2 Å². The van der Waals surface area contributed by atoms with Crippen LogP contribution in [-0.4, -0.2) is 4.98 Å². The molecule has 0 aliphatic rings. The summed E-state index contributed by atoms with van der Waals surface area (Å²) < 4.78 is 12.5. The van der Waals surface area contributed by atoms with Crippen LogP contribution in [0.5, 0.6) is 0 Å². The van der Waals surface area contributed by atoms with Crippen molar-refractivity contribution in [3.63, 3.8) is 0 Å². The van der Waals surface area contributed by atoms with E-state index < -0.39 is 0 Å². The monoisotopic (exact) mass is 279 g/mol. The predicted octanol–water partition coefficient (Wildman–Crippen LogP) is 2.61. The summed E-state index contributed by atoms with van der Waals surface area (Å²) in [6, 6.07) is 1.35. The first kappa shape index (κ1) is 8.81. The molecule has 4 heteroatoms. The van der Waals surface area contributed by atoms with E-state index in [4.69, 9.17) is 0 Å². The van der Waals surface area contributed by atoms with E-state index in [0.29, 0.717) is 5.56 Å². The maximum absolute atomic E-state index is 12.5. The third-order valence-corrected chi connectivity index (χ3v) is 1.78. The van der Waals surface area contributed by atoms with E-state index in [0.717, 1.165) is 6.20 Å². The number of pyridine rings is 1. The molecule has 0 fully saturated rings. The summed E-state index contributed by atoms with van der Waals surface area (Å²) in [6.45, 7) is 0. The van der Waals surface area contributed by atoms with Crippen molar-refractivity contribution < 1.29 is 4.39 Å². The van der Waals surface area contributed by atoms with Gasteiger partial charge in [-0.2, -0.15) is 0 Å². The van der Waals surface area contributed by atoms with Crippen molar-refractivity contribution in [1.29, 1.82) is 0 Å². The van der Waals surface area contributed by atoms with Crippen molar-refractivity contribution >= 4 is 30.1 Å². The highest BCUT2D eigenvalue weighted by molar-refractivity contribution is 14.2. The highest BCUT2D eigenvalue weighted by Crippen LogP contribution is 2.08. The largest absolute Gasteiger partial charge is 0.260 e. The molecule has 1 aromatic rings. The van der Waals surface area contributed by atoms with Crippen LogP contribution in [0.1, 0.15) is 5.56 Å². The van der Waals surface area contributed by atoms with Gasteiger partial charge >= 0.3 is 0 Å². The molecular weight excluding hydrogens is 276 g/mol. The van der Waals surface area contributed by atoms with Gasteiger partial charge < -0.3 is 0 Å². The van der Waals surface area contributed by atoms with Crippen LogP contribution >= 0.6 is 30.1 Å². The number of halogens is 2. The lowest BCUT2D eigenvalue weighted by atomic mass is 10.3. The zero-order valence-electron chi connectivity index (χ0n) is 5.34. The first-order chi connectivity index (χ1) is 5.33. The first-order valence-electron chi connectivity index (χ1n) is 2.72. The van der Waals surface area contributed by atoms with Gasteiger partial charge in [-0.1, -0.05) is 5.92 Å². The maximum atomic E-state index is 12.5. The second kappa shape index (κ2) is 4.57. The second-order valence-electron chi connectivity index (χ2n) is 1.70. The van der Waals surface area contributed by atoms with E-state index in [1.54, 1.807) is 0 Å². The molecule has 0 saturated carbocycles. The van der Waals surface area contributed by atoms with Crippen LogP contribution in [0.3, 0.4) is 0 Å². The Labute approximate surface area is 80.4 Å². The average molecular weight is 279 g/mol. The van der Waals surface area contributed by atoms with E-state index in [1.807, 2.05) is 0 Å². The quantitative estimate of drug-likeness (QED) is 0.535. The predicted molar refractivity (Wildman–Crippen MR) is 52.7 cm³/mol. The fourth-order valence-electron chi connectivity index (χ4n) is 0.558. The fraction of sp³-hybridized carbons (Fsp3) is 0. The van der Waals surface area contributed by atoms with E-state index in [9.17, 15) is 4.39 Å². The van der Waals surface area contributed by atoms with Crippen LogP contribution < -0.4 is 0 Å². The molecule has 1 aromatic heterocycles. The van der Waals surface area contributed by atoms with Gasteiger partial charge in [0, 0.05) is 33.0 Å². The van der Waals surface area contributed by atoms with Gasteiger partial charge in [-0.3, -0.25) is 4.98 Å². The Balaban J connectivity index is 2.87. The first-order valence-corrected chi connectivity index (χ1v) is 6.08. The van der Waals surface area contributed by atoms with Gasteiger partial charge in [-0.25, -0.2) is 4.39 Å². The summed E-state index contributed by atoms with van der Waals surface area (Å²) in [4.78, 5) is 3.65. The van der Waals surface area contributed by atoms with Crippen LogP contribution in [0.25, 0.3) is 0 Å². The van der Waals surface area contributed by atoms with Gasteiger partial charge in [-0.15, -0.1) is 0 Å². The highest BCUT2D eigenvalue weighted by atomic mass is 127. The van der Waals surface area contributed by atoms with Crippen molar-refractivity contribution in [2.45, 2.75) is 0 Å². The normalized spacial score (nSPS) is 8.55. The van der Waals surface area contributed by atoms with Gasteiger partial charge in [0.25, 0.3) is 0 Å². The third kappa shape index (κ3) is 3.08. The van der Waals surface area contributed by atoms with Gasteiger partial charge in [0.15, 0.2) is 0 Å². The Morgan fingerprint density at radius 2 is 2.36 bits per heavy atom. The van der Waals surface area contributed by atoms with Crippen molar-refractivity contribution in [3.8, 4) is 11.2 Å². The number of hydrogen-bond acceptors (Lipinski definition) is 2. The molecule has 56 valence electrons. The van der Waals surface area contributed by atoms with E-state index in [2.05, 4.69) is 37.4 Å². The van der Waals surface area contributed by atoms with Crippen molar-refractivity contribution in [2.24, 2.45) is 0 Å². The zero-order valence-corrected chi connectivity index (χ0v) is 8.32. The molecule has 0 radical (unpaired) electrons. The summed E-state index contributed by atoms with van der Waals surface area (Å²) in [5, 5.41) is 2.74. The number of nitrogens with zero attached hydrogens (tertiary/aromatic N) is 1. The van der Waals surface area contributed by atoms with Crippen LogP contribution in [0.4, 0.5) is 4.39 Å². The van der Waals surface area contributed by atoms with Gasteiger partial charge in [0.05, 0.1) is 6.20 Å². The molecule has 0 aromatic carbocycles. The highest BCUT2D eigenvalue weighted by Gasteiger charge is 1.89. The Hall–Kier alpha value is -0.280. The number of rotatable bonds is 0. The summed E-state index contributed by atoms with van der Waals surface area (Å²) in [6.07, 6.45) is 2.69. The molecule has 1 nitrogen and oxygen atoms in total. The maximum Gasteiger partial charge on any atom is 0.142 e. The van der Waals surface area contributed by atoms with Crippen LogP contribution in [0.2, 0.25) is 0 Å². The van der Waals surface area contributed by atoms with Crippen molar-refractivity contribution in [1.82, 2.24) is 4.98 Å². The van der Waals surface area contributed by atoms with E-state index in [-0.39, 0.29) is 5.82 Å². The second-order valence-corrected chi connectivity index (χ2v) is 3.38. The zero-order chi connectivity index (χ0) is 8.10. The molecule has 0 aliphatic heterocycles. The van der Waals surface area contributed by atoms with Crippen molar-refractivity contribution in [2.75, 3.05) is 0 Å². The van der Waals surface area contributed by atoms with E-state index >= 15 is 0 Å². The summed E-state index contributed by atoms with van der Waals surface area (Å²) in [5.41, 5.74) is 0.606. The molecule has 0 bridgehead atoms. The minimum absolute atomic E-state index is 0.352. The molecule has 1 rings (SSSR count). The smallest absolute Gasteiger partial charge is 0.142 e. The fourth-order valence-corrected chi connectivity index (χ4v) is 1.05. The third-order valence-electron chi connectivity index (χ3n) is 0.939. The summed E-state index contributed by atoms with van der Waals surface area (Å²) >= 11 is 2.05. The SMILES string of the molecule is Fc1cncc(C#CSI)c1. The molecule has 0 unspecified atom stereocenters. The minimum Gasteiger partial charge on any atom is -0.260 e. The molecule has 0 saturated heterocycles. The van der Waals surface area contributed by atoms with Crippen LogP contribution in [0.15, 0.2) is 18.5 Å². The standard InChI is InChI=1S/C7H3FINS/c8-7-3-6(1-2-11-9)4-10-5-7/h3-5H. The molecule has 11 heavy (non-hydrogen) atoms. The minimum atomic E-state index is -0.352. The molecule has 0 N–H and O–H groups in total. The van der Waals surface area contributed by atoms with Crippen molar-refractivity contribution in [3.05, 3.63) is 29.8 Å². The molecule has 1 heterocycles. The molecule has 0 aliphatic carbocycles. The number of aromatic nitrogens is 1. The Morgan fingerprint density at radius 1 is 1.55 bits per heavy atom. The Kier molecular flexibility index (Phi) is 3.66. The lowest BCUT2D eigenvalue weighted by Gasteiger charge is -1.87. The average Bonchev–Trinajstić information content (AvgIpc) is 2.01. The Bertz CT molecular complexity index is 305. The summed E-state index contributed by atoms with van der Waals surface area (Å²) in [7, 11) is 1.36. The molecule has 0 spiro atoms. The molecule has 0 amide bonds. The van der Waals surface area contributed by atoms with Gasteiger partial charge in [0.1, 0.15) is 5.82 Å². The lowest BCUT2D eigenvalue weighted by Crippen LogP contribution is -1.80. The molecule has 0 atom stereocenters. The molecular formula is C7H3FINS. The number of hydrogen-bond donors (Lipinski definition) is 0. The van der Waals surface area contributed by atoms with Gasteiger partial charge in [0.2, 0.25) is 0 Å². The van der Waals surface area contributed by atoms with Crippen LogP contribution in [0, 0.1) is 17.0 Å². The van der Waals surface area contributed by atoms with Crippen LogP contribution in [-0.2, 0) is 0 Å².